The van der Waals surface area contributed by atoms with Gasteiger partial charge in [-0.15, -0.1) is 0 Å². The average Bonchev–Trinajstić information content (AvgIpc) is 2.63. The Balaban J connectivity index is 1.99. The molecule has 0 saturated heterocycles. The standard InChI is InChI=1S/C14H17F3/c1-10-2-3-12(8-10)9-11-4-6-13(7-5-11)14(15,16)17/h4-7,10,12H,2-3,8-9H2,1H3. The predicted molar refractivity (Wildman–Crippen MR) is 61.7 cm³/mol. The van der Waals surface area contributed by atoms with Gasteiger partial charge in [-0.05, 0) is 48.8 Å². The molecule has 0 bridgehead atoms. The molecule has 0 heterocycles. The van der Waals surface area contributed by atoms with E-state index in [0.717, 1.165) is 17.9 Å². The van der Waals surface area contributed by atoms with Gasteiger partial charge in [0.15, 0.2) is 0 Å². The molecule has 1 aliphatic carbocycles. The zero-order chi connectivity index (χ0) is 12.5. The topological polar surface area (TPSA) is 0 Å². The van der Waals surface area contributed by atoms with Gasteiger partial charge in [0.2, 0.25) is 0 Å². The summed E-state index contributed by atoms with van der Waals surface area (Å²) >= 11 is 0. The van der Waals surface area contributed by atoms with Crippen molar-refractivity contribution in [3.63, 3.8) is 0 Å². The van der Waals surface area contributed by atoms with Gasteiger partial charge in [0.1, 0.15) is 0 Å². The van der Waals surface area contributed by atoms with Crippen molar-refractivity contribution in [3.05, 3.63) is 35.4 Å². The molecule has 2 atom stereocenters. The van der Waals surface area contributed by atoms with Crippen LogP contribution in [0.3, 0.4) is 0 Å². The molecule has 2 rings (SSSR count). The van der Waals surface area contributed by atoms with Crippen LogP contribution in [0.5, 0.6) is 0 Å². The molecule has 0 radical (unpaired) electrons. The molecule has 1 aliphatic rings. The summed E-state index contributed by atoms with van der Waals surface area (Å²) in [5, 5.41) is 0. The van der Waals surface area contributed by atoms with Gasteiger partial charge < -0.3 is 0 Å². The summed E-state index contributed by atoms with van der Waals surface area (Å²) in [6.07, 6.45) is 0.372. The zero-order valence-corrected chi connectivity index (χ0v) is 9.93. The third kappa shape index (κ3) is 3.24. The smallest absolute Gasteiger partial charge is 0.166 e. The van der Waals surface area contributed by atoms with Gasteiger partial charge in [-0.3, -0.25) is 0 Å². The van der Waals surface area contributed by atoms with Crippen LogP contribution in [0.4, 0.5) is 13.2 Å². The van der Waals surface area contributed by atoms with E-state index in [0.29, 0.717) is 5.92 Å². The van der Waals surface area contributed by atoms with Crippen molar-refractivity contribution in [1.82, 2.24) is 0 Å². The van der Waals surface area contributed by atoms with Crippen LogP contribution < -0.4 is 0 Å². The van der Waals surface area contributed by atoms with Gasteiger partial charge in [-0.1, -0.05) is 25.5 Å². The Hall–Kier alpha value is -0.990. The first-order valence-corrected chi connectivity index (χ1v) is 6.11. The lowest BCUT2D eigenvalue weighted by molar-refractivity contribution is -0.137. The minimum Gasteiger partial charge on any atom is -0.166 e. The van der Waals surface area contributed by atoms with Crippen LogP contribution in [-0.4, -0.2) is 0 Å². The summed E-state index contributed by atoms with van der Waals surface area (Å²) in [4.78, 5) is 0. The first kappa shape index (κ1) is 12.5. The third-order valence-electron chi connectivity index (χ3n) is 3.61. The van der Waals surface area contributed by atoms with Crippen molar-refractivity contribution in [3.8, 4) is 0 Å². The van der Waals surface area contributed by atoms with Crippen molar-refractivity contribution in [2.24, 2.45) is 11.8 Å². The molecule has 0 amide bonds. The Bertz CT molecular complexity index is 364. The molecule has 94 valence electrons. The number of hydrogen-bond acceptors (Lipinski definition) is 0. The van der Waals surface area contributed by atoms with Gasteiger partial charge in [0, 0.05) is 0 Å². The number of rotatable bonds is 2. The Morgan fingerprint density at radius 2 is 1.76 bits per heavy atom. The maximum atomic E-state index is 12.4. The second-order valence-electron chi connectivity index (χ2n) is 5.18. The van der Waals surface area contributed by atoms with E-state index in [1.807, 2.05) is 0 Å². The Morgan fingerprint density at radius 3 is 2.24 bits per heavy atom. The van der Waals surface area contributed by atoms with Crippen LogP contribution in [-0.2, 0) is 12.6 Å². The Labute approximate surface area is 99.8 Å². The highest BCUT2D eigenvalue weighted by Crippen LogP contribution is 2.33. The van der Waals surface area contributed by atoms with Crippen molar-refractivity contribution >= 4 is 0 Å². The largest absolute Gasteiger partial charge is 0.416 e. The Kier molecular flexibility index (Phi) is 3.45. The third-order valence-corrected chi connectivity index (χ3v) is 3.61. The van der Waals surface area contributed by atoms with E-state index < -0.39 is 11.7 Å². The summed E-state index contributed by atoms with van der Waals surface area (Å²) < 4.78 is 37.1. The quantitative estimate of drug-likeness (QED) is 0.706. The molecule has 1 saturated carbocycles. The van der Waals surface area contributed by atoms with Crippen LogP contribution in [0.25, 0.3) is 0 Å². The van der Waals surface area contributed by atoms with Crippen molar-refractivity contribution < 1.29 is 13.2 Å². The van der Waals surface area contributed by atoms with Gasteiger partial charge >= 0.3 is 6.18 Å². The summed E-state index contributed by atoms with van der Waals surface area (Å²) in [5.74, 6) is 1.43. The van der Waals surface area contributed by atoms with Gasteiger partial charge in [0.25, 0.3) is 0 Å². The number of hydrogen-bond donors (Lipinski definition) is 0. The van der Waals surface area contributed by atoms with Crippen LogP contribution in [0.15, 0.2) is 24.3 Å². The molecule has 0 aliphatic heterocycles. The first-order chi connectivity index (χ1) is 7.95. The maximum absolute atomic E-state index is 12.4. The van der Waals surface area contributed by atoms with E-state index in [1.165, 1.54) is 31.4 Å². The molecule has 2 unspecified atom stereocenters. The zero-order valence-electron chi connectivity index (χ0n) is 9.93. The second-order valence-corrected chi connectivity index (χ2v) is 5.18. The van der Waals surface area contributed by atoms with E-state index in [4.69, 9.17) is 0 Å². The van der Waals surface area contributed by atoms with Gasteiger partial charge in [-0.2, -0.15) is 13.2 Å². The number of benzene rings is 1. The number of halogens is 3. The normalized spacial score (nSPS) is 25.2. The maximum Gasteiger partial charge on any atom is 0.416 e. The molecular weight excluding hydrogens is 225 g/mol. The molecule has 0 N–H and O–H groups in total. The van der Waals surface area contributed by atoms with E-state index >= 15 is 0 Å². The molecule has 1 fully saturated rings. The minimum atomic E-state index is -4.22. The summed E-state index contributed by atoms with van der Waals surface area (Å²) in [6, 6.07) is 5.61. The summed E-state index contributed by atoms with van der Waals surface area (Å²) in [5.41, 5.74) is 0.470. The van der Waals surface area contributed by atoms with Crippen molar-refractivity contribution in [2.45, 2.75) is 38.8 Å². The molecular formula is C14H17F3. The van der Waals surface area contributed by atoms with Crippen LogP contribution in [0.1, 0.15) is 37.3 Å². The van der Waals surface area contributed by atoms with Gasteiger partial charge in [-0.25, -0.2) is 0 Å². The summed E-state index contributed by atoms with van der Waals surface area (Å²) in [6.45, 7) is 2.24. The molecule has 17 heavy (non-hydrogen) atoms. The highest BCUT2D eigenvalue weighted by molar-refractivity contribution is 5.25. The molecule has 1 aromatic rings. The highest BCUT2D eigenvalue weighted by atomic mass is 19.4. The molecule has 0 spiro atoms. The minimum absolute atomic E-state index is 0.555. The predicted octanol–water partition coefficient (Wildman–Crippen LogP) is 4.68. The van der Waals surface area contributed by atoms with Crippen LogP contribution in [0.2, 0.25) is 0 Å². The lowest BCUT2D eigenvalue weighted by atomic mass is 9.96. The fraction of sp³-hybridized carbons (Fsp3) is 0.571. The van der Waals surface area contributed by atoms with Crippen molar-refractivity contribution in [1.29, 1.82) is 0 Å². The molecule has 0 aromatic heterocycles. The molecule has 3 heteroatoms. The SMILES string of the molecule is CC1CCC(Cc2ccc(C(F)(F)F)cc2)C1. The summed E-state index contributed by atoms with van der Waals surface area (Å²) in [7, 11) is 0. The highest BCUT2D eigenvalue weighted by Gasteiger charge is 2.30. The lowest BCUT2D eigenvalue weighted by Gasteiger charge is -2.11. The van der Waals surface area contributed by atoms with Gasteiger partial charge in [0.05, 0.1) is 5.56 Å². The van der Waals surface area contributed by atoms with E-state index in [9.17, 15) is 13.2 Å². The van der Waals surface area contributed by atoms with Crippen LogP contribution >= 0.6 is 0 Å². The monoisotopic (exact) mass is 242 g/mol. The fourth-order valence-corrected chi connectivity index (χ4v) is 2.67. The second kappa shape index (κ2) is 4.71. The first-order valence-electron chi connectivity index (χ1n) is 6.11. The lowest BCUT2D eigenvalue weighted by Crippen LogP contribution is -2.05. The van der Waals surface area contributed by atoms with Crippen LogP contribution in [0, 0.1) is 11.8 Å². The van der Waals surface area contributed by atoms with E-state index in [-0.39, 0.29) is 0 Å². The molecule has 0 nitrogen and oxygen atoms in total. The average molecular weight is 242 g/mol. The van der Waals surface area contributed by atoms with Crippen molar-refractivity contribution in [2.75, 3.05) is 0 Å². The Morgan fingerprint density at radius 1 is 1.12 bits per heavy atom. The van der Waals surface area contributed by atoms with E-state index in [2.05, 4.69) is 6.92 Å². The molecule has 1 aromatic carbocycles. The van der Waals surface area contributed by atoms with E-state index in [1.54, 1.807) is 12.1 Å². The fourth-order valence-electron chi connectivity index (χ4n) is 2.67. The number of alkyl halides is 3.